The largest absolute Gasteiger partial charge is 0.453 e. The topological polar surface area (TPSA) is 68.3 Å². The van der Waals surface area contributed by atoms with Crippen LogP contribution in [0.15, 0.2) is 46.9 Å². The van der Waals surface area contributed by atoms with Crippen molar-refractivity contribution in [1.82, 2.24) is 0 Å². The van der Waals surface area contributed by atoms with Crippen molar-refractivity contribution in [2.45, 2.75) is 6.92 Å². The summed E-state index contributed by atoms with van der Waals surface area (Å²) in [6, 6.07) is 12.3. The quantitative estimate of drug-likeness (QED) is 0.275. The van der Waals surface area contributed by atoms with E-state index in [0.29, 0.717) is 31.1 Å². The van der Waals surface area contributed by atoms with Crippen LogP contribution < -0.4 is 11.1 Å². The molecule has 0 amide bonds. The number of fused-ring (bicyclic) bond motifs is 1. The van der Waals surface area contributed by atoms with Crippen LogP contribution in [-0.4, -0.2) is 5.78 Å². The molecule has 2 aromatic heterocycles. The van der Waals surface area contributed by atoms with E-state index in [0.717, 1.165) is 16.6 Å². The number of anilines is 3. The summed E-state index contributed by atoms with van der Waals surface area (Å²) in [5.74, 6) is 2.41. The van der Waals surface area contributed by atoms with Gasteiger partial charge in [0, 0.05) is 21.1 Å². The molecule has 0 aliphatic carbocycles. The molecule has 0 aliphatic heterocycles. The third-order valence-corrected chi connectivity index (χ3v) is 6.02. The van der Waals surface area contributed by atoms with E-state index < -0.39 is 0 Å². The van der Waals surface area contributed by atoms with Crippen LogP contribution in [0.4, 0.5) is 16.4 Å². The molecule has 0 saturated heterocycles. The predicted molar refractivity (Wildman–Crippen MR) is 121 cm³/mol. The van der Waals surface area contributed by atoms with Crippen molar-refractivity contribution in [2.75, 3.05) is 11.1 Å². The van der Waals surface area contributed by atoms with Gasteiger partial charge in [0.2, 0.25) is 5.78 Å². The number of rotatable bonds is 4. The number of nitrogen functional groups attached to an aromatic ring is 1. The zero-order valence-electron chi connectivity index (χ0n) is 15.2. The lowest BCUT2D eigenvalue weighted by Crippen LogP contribution is -2.01. The van der Waals surface area contributed by atoms with Crippen LogP contribution in [0.5, 0.6) is 0 Å². The summed E-state index contributed by atoms with van der Waals surface area (Å²) in [5, 5.41) is 5.80. The Bertz CT molecular complexity index is 1310. The van der Waals surface area contributed by atoms with Crippen LogP contribution in [0.25, 0.3) is 11.0 Å². The van der Waals surface area contributed by atoms with Gasteiger partial charge >= 0.3 is 0 Å². The Balaban J connectivity index is 1.74. The number of carbonyl (C=O) groups excluding carboxylic acids is 1. The van der Waals surface area contributed by atoms with Gasteiger partial charge in [-0.2, -0.15) is 0 Å². The lowest BCUT2D eigenvalue weighted by atomic mass is 10.1. The van der Waals surface area contributed by atoms with Crippen LogP contribution in [0.3, 0.4) is 0 Å². The van der Waals surface area contributed by atoms with Crippen LogP contribution >= 0.6 is 34.5 Å². The molecule has 0 spiro atoms. The fourth-order valence-electron chi connectivity index (χ4n) is 2.97. The van der Waals surface area contributed by atoms with Crippen LogP contribution in [-0.2, 0) is 0 Å². The standard InChI is InChI=1S/C22H14Cl2N2O2S/c1-3-15-19(25)21(29-22(15)26-16-6-4-13(23)8-11(16)2)20(27)18-10-12-9-14(24)5-7-17(12)28-18/h1,4-10,26H,25H2,2H3. The zero-order valence-corrected chi connectivity index (χ0v) is 17.5. The number of ketones is 1. The Morgan fingerprint density at radius 2 is 1.90 bits per heavy atom. The Morgan fingerprint density at radius 3 is 2.62 bits per heavy atom. The molecule has 2 heterocycles. The van der Waals surface area contributed by atoms with Crippen LogP contribution in [0, 0.1) is 19.3 Å². The van der Waals surface area contributed by atoms with Crippen molar-refractivity contribution >= 4 is 67.7 Å². The molecule has 0 bridgehead atoms. The molecule has 0 fully saturated rings. The first kappa shape index (κ1) is 19.4. The van der Waals surface area contributed by atoms with E-state index in [9.17, 15) is 4.79 Å². The number of hydrogen-bond donors (Lipinski definition) is 2. The summed E-state index contributed by atoms with van der Waals surface area (Å²) in [6.07, 6.45) is 5.66. The molecule has 3 N–H and O–H groups in total. The third kappa shape index (κ3) is 3.58. The maximum atomic E-state index is 13.1. The monoisotopic (exact) mass is 440 g/mol. The average molecular weight is 441 g/mol. The number of thiophene rings is 1. The predicted octanol–water partition coefficient (Wildman–Crippen LogP) is 6.65. The molecule has 144 valence electrons. The van der Waals surface area contributed by atoms with Gasteiger partial charge in [-0.1, -0.05) is 29.1 Å². The molecule has 7 heteroatoms. The first-order chi connectivity index (χ1) is 13.9. The fraction of sp³-hybridized carbons (Fsp3) is 0.0455. The van der Waals surface area contributed by atoms with Gasteiger partial charge in [-0.3, -0.25) is 4.79 Å². The number of furan rings is 1. The highest BCUT2D eigenvalue weighted by Gasteiger charge is 2.24. The summed E-state index contributed by atoms with van der Waals surface area (Å²) in [7, 11) is 0. The number of nitrogens with one attached hydrogen (secondary N) is 1. The van der Waals surface area contributed by atoms with Crippen LogP contribution in [0.1, 0.15) is 26.6 Å². The van der Waals surface area contributed by atoms with Gasteiger partial charge in [0.25, 0.3) is 0 Å². The van der Waals surface area contributed by atoms with Crippen molar-refractivity contribution in [3.8, 4) is 12.3 Å². The summed E-state index contributed by atoms with van der Waals surface area (Å²) >= 11 is 13.2. The minimum absolute atomic E-state index is 0.174. The van der Waals surface area contributed by atoms with E-state index >= 15 is 0 Å². The van der Waals surface area contributed by atoms with E-state index in [1.54, 1.807) is 30.3 Å². The Kier molecular flexibility index (Phi) is 5.01. The summed E-state index contributed by atoms with van der Waals surface area (Å²) in [5.41, 5.74) is 9.23. The van der Waals surface area contributed by atoms with E-state index in [2.05, 4.69) is 11.2 Å². The Morgan fingerprint density at radius 1 is 1.17 bits per heavy atom. The number of hydrogen-bond acceptors (Lipinski definition) is 5. The SMILES string of the molecule is C#Cc1c(Nc2ccc(Cl)cc2C)sc(C(=O)c2cc3cc(Cl)ccc3o2)c1N. The van der Waals surface area contributed by atoms with Crippen molar-refractivity contribution in [3.63, 3.8) is 0 Å². The fourth-order valence-corrected chi connectivity index (χ4v) is 4.42. The number of benzene rings is 2. The van der Waals surface area contributed by atoms with Crippen molar-refractivity contribution in [2.24, 2.45) is 0 Å². The minimum Gasteiger partial charge on any atom is -0.453 e. The number of aryl methyl sites for hydroxylation is 1. The number of nitrogens with two attached hydrogens (primary N) is 1. The molecule has 0 aliphatic rings. The molecule has 4 rings (SSSR count). The second-order valence-electron chi connectivity index (χ2n) is 6.40. The lowest BCUT2D eigenvalue weighted by Gasteiger charge is -2.08. The van der Waals surface area contributed by atoms with Gasteiger partial charge in [0.05, 0.1) is 11.3 Å². The summed E-state index contributed by atoms with van der Waals surface area (Å²) < 4.78 is 5.68. The number of terminal acetylenes is 1. The number of halogens is 2. The first-order valence-corrected chi connectivity index (χ1v) is 10.1. The van der Waals surface area contributed by atoms with Gasteiger partial charge in [0.1, 0.15) is 15.5 Å². The second kappa shape index (κ2) is 7.49. The average Bonchev–Trinajstić information content (AvgIpc) is 3.23. The highest BCUT2D eigenvalue weighted by Crippen LogP contribution is 2.39. The summed E-state index contributed by atoms with van der Waals surface area (Å²) in [6.45, 7) is 1.92. The molecular formula is C22H14Cl2N2O2S. The van der Waals surface area contributed by atoms with Crippen molar-refractivity contribution in [1.29, 1.82) is 0 Å². The molecule has 29 heavy (non-hydrogen) atoms. The van der Waals surface area contributed by atoms with Crippen LogP contribution in [0.2, 0.25) is 10.0 Å². The van der Waals surface area contributed by atoms with Gasteiger partial charge in [-0.25, -0.2) is 0 Å². The molecule has 2 aromatic carbocycles. The van der Waals surface area contributed by atoms with E-state index in [4.69, 9.17) is 39.8 Å². The molecule has 4 aromatic rings. The normalized spacial score (nSPS) is 10.8. The maximum Gasteiger partial charge on any atom is 0.240 e. The van der Waals surface area contributed by atoms with E-state index in [1.165, 1.54) is 11.3 Å². The molecule has 0 saturated carbocycles. The minimum atomic E-state index is -0.336. The third-order valence-electron chi connectivity index (χ3n) is 4.43. The summed E-state index contributed by atoms with van der Waals surface area (Å²) in [4.78, 5) is 13.4. The highest BCUT2D eigenvalue weighted by atomic mass is 35.5. The molecule has 4 nitrogen and oxygen atoms in total. The lowest BCUT2D eigenvalue weighted by molar-refractivity contribution is 0.102. The maximum absolute atomic E-state index is 13.1. The highest BCUT2D eigenvalue weighted by molar-refractivity contribution is 7.19. The Labute approximate surface area is 181 Å². The van der Waals surface area contributed by atoms with Crippen molar-refractivity contribution in [3.05, 3.63) is 74.3 Å². The van der Waals surface area contributed by atoms with Gasteiger partial charge in [0.15, 0.2) is 5.76 Å². The van der Waals surface area contributed by atoms with Crippen molar-refractivity contribution < 1.29 is 9.21 Å². The van der Waals surface area contributed by atoms with E-state index in [-0.39, 0.29) is 17.2 Å². The first-order valence-electron chi connectivity index (χ1n) is 8.53. The second-order valence-corrected chi connectivity index (χ2v) is 8.29. The van der Waals surface area contributed by atoms with Gasteiger partial charge in [-0.05, 0) is 55.0 Å². The van der Waals surface area contributed by atoms with E-state index in [1.807, 2.05) is 19.1 Å². The molecule has 0 unspecified atom stereocenters. The molecular weight excluding hydrogens is 427 g/mol. The molecule has 0 radical (unpaired) electrons. The zero-order chi connectivity index (χ0) is 20.7. The van der Waals surface area contributed by atoms with Gasteiger partial charge in [-0.15, -0.1) is 17.8 Å². The smallest absolute Gasteiger partial charge is 0.240 e. The molecule has 0 atom stereocenters. The van der Waals surface area contributed by atoms with Gasteiger partial charge < -0.3 is 15.5 Å². The number of carbonyl (C=O) groups is 1. The Hall–Kier alpha value is -2.91.